The van der Waals surface area contributed by atoms with Crippen molar-refractivity contribution in [1.29, 1.82) is 5.26 Å². The minimum atomic E-state index is -1.36. The van der Waals surface area contributed by atoms with E-state index in [1.165, 1.54) is 0 Å². The van der Waals surface area contributed by atoms with Crippen LogP contribution in [-0.4, -0.2) is 22.6 Å². The van der Waals surface area contributed by atoms with Gasteiger partial charge in [-0.3, -0.25) is 9.89 Å². The first-order chi connectivity index (χ1) is 14.6. The number of hydrogen-bond acceptors (Lipinski definition) is 5. The Hall–Kier alpha value is -4.05. The second-order valence-electron chi connectivity index (χ2n) is 7.44. The van der Waals surface area contributed by atoms with Crippen LogP contribution >= 0.6 is 0 Å². The molecule has 0 aliphatic carbocycles. The van der Waals surface area contributed by atoms with E-state index in [4.69, 9.17) is 10.5 Å². The van der Waals surface area contributed by atoms with Gasteiger partial charge in [0.2, 0.25) is 17.7 Å². The van der Waals surface area contributed by atoms with Crippen LogP contribution in [0.3, 0.4) is 0 Å². The third kappa shape index (κ3) is 2.25. The predicted octanol–water partition coefficient (Wildman–Crippen LogP) is 2.68. The highest BCUT2D eigenvalue weighted by molar-refractivity contribution is 6.14. The van der Waals surface area contributed by atoms with Gasteiger partial charge in [0.25, 0.3) is 0 Å². The van der Waals surface area contributed by atoms with Gasteiger partial charge in [-0.15, -0.1) is 5.10 Å². The van der Waals surface area contributed by atoms with E-state index in [-0.39, 0.29) is 23.2 Å². The SMILES string of the molecule is Cc1[nH]nc2c1[C@@]1(C(=O)N(CCc3ccccc3)c3ccccc31)C(C#N)=C(N)O2. The molecule has 1 spiro atoms. The first-order valence-corrected chi connectivity index (χ1v) is 9.68. The van der Waals surface area contributed by atoms with Crippen LogP contribution in [0.5, 0.6) is 5.88 Å². The topological polar surface area (TPSA) is 108 Å². The van der Waals surface area contributed by atoms with Crippen molar-refractivity contribution < 1.29 is 9.53 Å². The number of anilines is 1. The third-order valence-electron chi connectivity index (χ3n) is 5.86. The van der Waals surface area contributed by atoms with Crippen molar-refractivity contribution in [2.24, 2.45) is 5.73 Å². The van der Waals surface area contributed by atoms with Crippen molar-refractivity contribution in [3.63, 3.8) is 0 Å². The maximum absolute atomic E-state index is 14.1. The number of aromatic amines is 1. The summed E-state index contributed by atoms with van der Waals surface area (Å²) in [5.41, 5.74) is 8.68. The zero-order valence-corrected chi connectivity index (χ0v) is 16.3. The number of nitriles is 1. The summed E-state index contributed by atoms with van der Waals surface area (Å²) in [7, 11) is 0. The lowest BCUT2D eigenvalue weighted by Crippen LogP contribution is -2.46. The molecule has 7 heteroatoms. The first-order valence-electron chi connectivity index (χ1n) is 9.68. The lowest BCUT2D eigenvalue weighted by molar-refractivity contribution is -0.121. The van der Waals surface area contributed by atoms with E-state index in [2.05, 4.69) is 16.3 Å². The summed E-state index contributed by atoms with van der Waals surface area (Å²) in [5, 5.41) is 17.1. The number of nitrogens with one attached hydrogen (secondary N) is 1. The number of ether oxygens (including phenoxy) is 1. The first kappa shape index (κ1) is 18.0. The van der Waals surface area contributed by atoms with Gasteiger partial charge < -0.3 is 15.4 Å². The molecule has 7 nitrogen and oxygen atoms in total. The number of para-hydroxylation sites is 1. The summed E-state index contributed by atoms with van der Waals surface area (Å²) in [4.78, 5) is 15.8. The number of amides is 1. The van der Waals surface area contributed by atoms with Crippen LogP contribution in [0.1, 0.15) is 22.4 Å². The molecule has 3 aromatic rings. The molecule has 1 aromatic heterocycles. The average Bonchev–Trinajstić information content (AvgIpc) is 3.24. The number of aromatic nitrogens is 2. The van der Waals surface area contributed by atoms with Crippen molar-refractivity contribution >= 4 is 11.6 Å². The van der Waals surface area contributed by atoms with Crippen molar-refractivity contribution in [2.75, 3.05) is 11.4 Å². The van der Waals surface area contributed by atoms with E-state index in [1.807, 2.05) is 61.5 Å². The van der Waals surface area contributed by atoms with Gasteiger partial charge in [0.05, 0.1) is 5.56 Å². The van der Waals surface area contributed by atoms with Crippen LogP contribution in [0.15, 0.2) is 66.1 Å². The number of aryl methyl sites for hydroxylation is 1. The molecule has 0 radical (unpaired) electrons. The predicted molar refractivity (Wildman–Crippen MR) is 111 cm³/mol. The fourth-order valence-corrected chi connectivity index (χ4v) is 4.57. The van der Waals surface area contributed by atoms with Crippen molar-refractivity contribution in [2.45, 2.75) is 18.8 Å². The average molecular weight is 397 g/mol. The number of carbonyl (C=O) groups is 1. The van der Waals surface area contributed by atoms with E-state index >= 15 is 0 Å². The van der Waals surface area contributed by atoms with Gasteiger partial charge in [0.1, 0.15) is 17.1 Å². The van der Waals surface area contributed by atoms with E-state index in [1.54, 1.807) is 4.90 Å². The summed E-state index contributed by atoms with van der Waals surface area (Å²) in [6.45, 7) is 2.29. The molecule has 148 valence electrons. The minimum absolute atomic E-state index is 0.0930. The maximum atomic E-state index is 14.1. The molecule has 3 N–H and O–H groups in total. The number of nitrogens with two attached hydrogens (primary N) is 1. The molecule has 0 bridgehead atoms. The molecule has 0 unspecified atom stereocenters. The summed E-state index contributed by atoms with van der Waals surface area (Å²) < 4.78 is 5.59. The number of H-pyrrole nitrogens is 1. The molecule has 3 heterocycles. The summed E-state index contributed by atoms with van der Waals surface area (Å²) in [5.74, 6) is -0.0743. The van der Waals surface area contributed by atoms with E-state index in [9.17, 15) is 10.1 Å². The molecular formula is C23H19N5O2. The number of rotatable bonds is 3. The summed E-state index contributed by atoms with van der Waals surface area (Å²) in [6.07, 6.45) is 0.686. The number of carbonyl (C=O) groups excluding carboxylic acids is 1. The molecule has 0 fully saturated rings. The van der Waals surface area contributed by atoms with Gasteiger partial charge in [-0.25, -0.2) is 0 Å². The maximum Gasteiger partial charge on any atom is 0.247 e. The molecule has 2 aliphatic heterocycles. The Morgan fingerprint density at radius 3 is 2.70 bits per heavy atom. The van der Waals surface area contributed by atoms with Crippen LogP contribution in [-0.2, 0) is 16.6 Å². The van der Waals surface area contributed by atoms with Crippen molar-refractivity contribution in [3.05, 3.63) is 88.4 Å². The number of fused-ring (bicyclic) bond motifs is 4. The monoisotopic (exact) mass is 397 g/mol. The number of nitrogens with zero attached hydrogens (tertiary/aromatic N) is 3. The van der Waals surface area contributed by atoms with Gasteiger partial charge in [-0.2, -0.15) is 5.26 Å². The van der Waals surface area contributed by atoms with Crippen LogP contribution in [0, 0.1) is 18.3 Å². The van der Waals surface area contributed by atoms with Crippen molar-refractivity contribution in [3.8, 4) is 11.9 Å². The normalized spacial score (nSPS) is 19.5. The lowest BCUT2D eigenvalue weighted by Gasteiger charge is -2.32. The zero-order chi connectivity index (χ0) is 20.9. The minimum Gasteiger partial charge on any atom is -0.420 e. The largest absolute Gasteiger partial charge is 0.420 e. The molecule has 30 heavy (non-hydrogen) atoms. The van der Waals surface area contributed by atoms with Gasteiger partial charge in [-0.1, -0.05) is 48.5 Å². The fourth-order valence-electron chi connectivity index (χ4n) is 4.57. The van der Waals surface area contributed by atoms with Gasteiger partial charge in [0.15, 0.2) is 0 Å². The van der Waals surface area contributed by atoms with Crippen LogP contribution in [0.25, 0.3) is 0 Å². The molecule has 1 atom stereocenters. The molecule has 2 aromatic carbocycles. The zero-order valence-electron chi connectivity index (χ0n) is 16.3. The molecular weight excluding hydrogens is 378 g/mol. The Labute approximate surface area is 173 Å². The highest BCUT2D eigenvalue weighted by Crippen LogP contribution is 2.55. The Bertz CT molecular complexity index is 1240. The van der Waals surface area contributed by atoms with Gasteiger partial charge in [-0.05, 0) is 25.0 Å². The molecule has 0 saturated heterocycles. The standard InChI is InChI=1S/C23H19N5O2/c1-14-19-21(27-26-14)30-20(25)17(13-24)23(19)16-9-5-6-10-18(16)28(22(23)29)12-11-15-7-3-2-4-8-15/h2-10H,11-12,25H2,1H3,(H,26,27)/t23-/m0/s1. The van der Waals surface area contributed by atoms with E-state index in [0.717, 1.165) is 16.8 Å². The lowest BCUT2D eigenvalue weighted by atomic mass is 9.69. The highest BCUT2D eigenvalue weighted by atomic mass is 16.5. The Morgan fingerprint density at radius 2 is 1.93 bits per heavy atom. The Kier molecular flexibility index (Phi) is 3.90. The van der Waals surface area contributed by atoms with Gasteiger partial charge in [0, 0.05) is 23.5 Å². The fraction of sp³-hybridized carbons (Fsp3) is 0.174. The van der Waals surface area contributed by atoms with E-state index < -0.39 is 5.41 Å². The summed E-state index contributed by atoms with van der Waals surface area (Å²) >= 11 is 0. The highest BCUT2D eigenvalue weighted by Gasteiger charge is 2.60. The van der Waals surface area contributed by atoms with Crippen LogP contribution in [0.4, 0.5) is 5.69 Å². The second kappa shape index (κ2) is 6.49. The molecule has 2 aliphatic rings. The quantitative estimate of drug-likeness (QED) is 0.706. The molecule has 5 rings (SSSR count). The Morgan fingerprint density at radius 1 is 1.20 bits per heavy atom. The molecule has 0 saturated carbocycles. The van der Waals surface area contributed by atoms with Crippen molar-refractivity contribution in [1.82, 2.24) is 10.2 Å². The number of hydrogen-bond donors (Lipinski definition) is 2. The van der Waals surface area contributed by atoms with Crippen LogP contribution in [0.2, 0.25) is 0 Å². The molecule has 1 amide bonds. The number of benzene rings is 2. The summed E-state index contributed by atoms with van der Waals surface area (Å²) in [6, 6.07) is 19.7. The van der Waals surface area contributed by atoms with Crippen LogP contribution < -0.4 is 15.4 Å². The van der Waals surface area contributed by atoms with Gasteiger partial charge >= 0.3 is 0 Å². The van der Waals surface area contributed by atoms with E-state index in [0.29, 0.717) is 24.2 Å². The Balaban J connectivity index is 1.70. The second-order valence-corrected chi connectivity index (χ2v) is 7.44. The third-order valence-corrected chi connectivity index (χ3v) is 5.86. The smallest absolute Gasteiger partial charge is 0.247 e.